The Hall–Kier alpha value is -0.675. The largest absolute Gasteiger partial charge is 0.269 e. The standard InChI is InChI=1S/C2N2.BH3.FH.H2S/c3-1-2-4;;;/h;1H3;1H;1H2. The minimum absolute atomic E-state index is 0. The first-order valence-corrected chi connectivity index (χ1v) is 0.697. The maximum atomic E-state index is 7.26. The van der Waals surface area contributed by atoms with Gasteiger partial charge in [-0.1, -0.05) is 0 Å². The van der Waals surface area contributed by atoms with Crippen LogP contribution in [0, 0.1) is 22.7 Å². The quantitative estimate of drug-likeness (QED) is 0.389. The highest BCUT2D eigenvalue weighted by molar-refractivity contribution is 7.59. The predicted octanol–water partition coefficient (Wildman–Crippen LogP) is -0.885. The fraction of sp³-hybridized carbons (Fsp3) is 0. The fourth-order valence-corrected chi connectivity index (χ4v) is 0. The highest BCUT2D eigenvalue weighted by Crippen LogP contribution is 1.27. The molecule has 2 nitrogen and oxygen atoms in total. The topological polar surface area (TPSA) is 47.6 Å². The van der Waals surface area contributed by atoms with Crippen molar-refractivity contribution in [1.82, 2.24) is 0 Å². The van der Waals surface area contributed by atoms with Gasteiger partial charge in [0.25, 0.3) is 0 Å². The molecule has 0 atom stereocenters. The second-order valence-corrected chi connectivity index (χ2v) is 0.224. The van der Waals surface area contributed by atoms with Crippen LogP contribution in [0.3, 0.4) is 0 Å². The van der Waals surface area contributed by atoms with Crippen molar-refractivity contribution in [2.75, 3.05) is 0 Å². The van der Waals surface area contributed by atoms with E-state index in [-0.39, 0.29) is 26.6 Å². The van der Waals surface area contributed by atoms with E-state index in [9.17, 15) is 0 Å². The van der Waals surface area contributed by atoms with E-state index in [0.29, 0.717) is 0 Å². The first-order valence-electron chi connectivity index (χ1n) is 0.697. The van der Waals surface area contributed by atoms with Gasteiger partial charge in [-0.15, -0.1) is 0 Å². The molecule has 0 amide bonds. The molecule has 0 radical (unpaired) electrons. The lowest BCUT2D eigenvalue weighted by Crippen LogP contribution is -1.26. The second-order valence-electron chi connectivity index (χ2n) is 0.224. The van der Waals surface area contributed by atoms with Crippen LogP contribution in [-0.4, -0.2) is 8.41 Å². The Kier molecular flexibility index (Phi) is 269. The lowest BCUT2D eigenvalue weighted by Gasteiger charge is -1.16. The summed E-state index contributed by atoms with van der Waals surface area (Å²) in [7, 11) is 0. The Balaban J connectivity index is -0.0000000150. The molecule has 0 heterocycles. The molecule has 0 N–H and O–H groups in total. The summed E-state index contributed by atoms with van der Waals surface area (Å²) in [5.41, 5.74) is 0. The first-order chi connectivity index (χ1) is 1.91. The maximum Gasteiger partial charge on any atom is 0.181 e. The molecule has 0 fully saturated rings. The smallest absolute Gasteiger partial charge is 0.181 e. The Labute approximate surface area is 50.1 Å². The molecule has 0 aliphatic heterocycles. The average Bonchev–Trinajstić information content (AvgIpc) is 1.37. The first kappa shape index (κ1) is 33.2. The summed E-state index contributed by atoms with van der Waals surface area (Å²) in [5.74, 6) is 0. The van der Waals surface area contributed by atoms with E-state index in [1.165, 1.54) is 12.1 Å². The normalized spacial score (nSPS) is 1.43. The SMILES string of the molecule is B.F.N#CC#N.S. The number of nitriles is 2. The van der Waals surface area contributed by atoms with Crippen molar-refractivity contribution in [3.8, 4) is 12.1 Å². The number of halogens is 1. The summed E-state index contributed by atoms with van der Waals surface area (Å²) in [4.78, 5) is 0. The fourth-order valence-electron chi connectivity index (χ4n) is 0. The van der Waals surface area contributed by atoms with Gasteiger partial charge in [-0.3, -0.25) is 4.70 Å². The van der Waals surface area contributed by atoms with Crippen molar-refractivity contribution >= 4 is 21.9 Å². The summed E-state index contributed by atoms with van der Waals surface area (Å²) in [6.07, 6.45) is 0. The Morgan fingerprint density at radius 2 is 1.14 bits per heavy atom. The van der Waals surface area contributed by atoms with Gasteiger partial charge in [0, 0.05) is 0 Å². The van der Waals surface area contributed by atoms with Crippen molar-refractivity contribution in [1.29, 1.82) is 10.5 Å². The molecule has 0 spiro atoms. The summed E-state index contributed by atoms with van der Waals surface area (Å²) in [5, 5.41) is 14.5. The zero-order chi connectivity index (χ0) is 3.41. The molecule has 0 bridgehead atoms. The average molecular weight is 120 g/mol. The summed E-state index contributed by atoms with van der Waals surface area (Å²) in [6.45, 7) is 0. The Bertz CT molecular complexity index is 70.7. The van der Waals surface area contributed by atoms with Gasteiger partial charge in [-0.25, -0.2) is 0 Å². The van der Waals surface area contributed by atoms with Crippen molar-refractivity contribution in [3.05, 3.63) is 0 Å². The van der Waals surface area contributed by atoms with Crippen LogP contribution in [0.4, 0.5) is 4.70 Å². The molecule has 5 heteroatoms. The van der Waals surface area contributed by atoms with E-state index in [2.05, 4.69) is 0 Å². The lowest BCUT2D eigenvalue weighted by atomic mass is 10.8. The van der Waals surface area contributed by atoms with Gasteiger partial charge < -0.3 is 0 Å². The predicted molar refractivity (Wildman–Crippen MR) is 34.0 cm³/mol. The van der Waals surface area contributed by atoms with Crippen LogP contribution in [-0.2, 0) is 0 Å². The van der Waals surface area contributed by atoms with Crippen molar-refractivity contribution in [2.24, 2.45) is 0 Å². The second kappa shape index (κ2) is 56.7. The van der Waals surface area contributed by atoms with Gasteiger partial charge >= 0.3 is 0 Å². The number of rotatable bonds is 0. The zero-order valence-electron chi connectivity index (χ0n) is 2.80. The maximum absolute atomic E-state index is 7.26. The summed E-state index contributed by atoms with van der Waals surface area (Å²) >= 11 is 0. The molecule has 0 aromatic carbocycles. The molecule has 0 aliphatic carbocycles. The monoisotopic (exact) mass is 120 g/mol. The van der Waals surface area contributed by atoms with Crippen molar-refractivity contribution < 1.29 is 4.70 Å². The van der Waals surface area contributed by atoms with Crippen LogP contribution in [0.1, 0.15) is 0 Å². The van der Waals surface area contributed by atoms with E-state index in [0.717, 1.165) is 0 Å². The molecule has 0 unspecified atom stereocenters. The van der Waals surface area contributed by atoms with Crippen molar-refractivity contribution in [2.45, 2.75) is 0 Å². The molecule has 0 saturated carbocycles. The van der Waals surface area contributed by atoms with Crippen LogP contribution in [0.25, 0.3) is 0 Å². The molecule has 0 saturated heterocycles. The van der Waals surface area contributed by atoms with Gasteiger partial charge in [-0.2, -0.15) is 24.0 Å². The lowest BCUT2D eigenvalue weighted by molar-refractivity contribution is 1.11. The third-order valence-corrected chi connectivity index (χ3v) is 0.0500. The molecule has 0 rings (SSSR count). The molecule has 0 aliphatic rings. The summed E-state index contributed by atoms with van der Waals surface area (Å²) < 4.78 is 0. The number of nitrogens with zero attached hydrogens (tertiary/aromatic N) is 2. The van der Waals surface area contributed by atoms with Gasteiger partial charge in [0.05, 0.1) is 8.41 Å². The zero-order valence-corrected chi connectivity index (χ0v) is 3.80. The molecular formula is C2H6BFN2S. The molecule has 0 aromatic heterocycles. The van der Waals surface area contributed by atoms with E-state index >= 15 is 0 Å². The van der Waals surface area contributed by atoms with Gasteiger partial charge in [-0.05, 0) is 0 Å². The van der Waals surface area contributed by atoms with Gasteiger partial charge in [0.15, 0.2) is 12.1 Å². The van der Waals surface area contributed by atoms with E-state index < -0.39 is 0 Å². The molecule has 0 aromatic rings. The molecule has 7 heavy (non-hydrogen) atoms. The summed E-state index contributed by atoms with van der Waals surface area (Å²) in [6, 6.07) is 2.47. The number of hydrogen-bond acceptors (Lipinski definition) is 2. The van der Waals surface area contributed by atoms with Crippen LogP contribution < -0.4 is 0 Å². The van der Waals surface area contributed by atoms with Gasteiger partial charge in [0.1, 0.15) is 0 Å². The Morgan fingerprint density at radius 1 is 1.00 bits per heavy atom. The van der Waals surface area contributed by atoms with Crippen LogP contribution >= 0.6 is 13.5 Å². The molecular weight excluding hydrogens is 114 g/mol. The van der Waals surface area contributed by atoms with E-state index in [1.807, 2.05) is 0 Å². The minimum Gasteiger partial charge on any atom is -0.269 e. The highest BCUT2D eigenvalue weighted by Gasteiger charge is 1.39. The third kappa shape index (κ3) is 558. The molecule has 40 valence electrons. The van der Waals surface area contributed by atoms with E-state index in [4.69, 9.17) is 10.5 Å². The van der Waals surface area contributed by atoms with Crippen LogP contribution in [0.5, 0.6) is 0 Å². The highest BCUT2D eigenvalue weighted by atomic mass is 32.1. The van der Waals surface area contributed by atoms with Gasteiger partial charge in [0.2, 0.25) is 0 Å². The number of hydrogen-bond donors (Lipinski definition) is 0. The van der Waals surface area contributed by atoms with E-state index in [1.54, 1.807) is 0 Å². The third-order valence-electron chi connectivity index (χ3n) is 0.0500. The van der Waals surface area contributed by atoms with Crippen LogP contribution in [0.15, 0.2) is 0 Å². The van der Waals surface area contributed by atoms with Crippen molar-refractivity contribution in [3.63, 3.8) is 0 Å². The minimum atomic E-state index is 0. The van der Waals surface area contributed by atoms with Crippen LogP contribution in [0.2, 0.25) is 0 Å². The Morgan fingerprint density at radius 3 is 1.14 bits per heavy atom.